The molecule has 0 amide bonds. The fraction of sp³-hybridized carbons (Fsp3) is 0.0222. The maximum Gasteiger partial charge on any atom is 0.143 e. The second-order valence-corrected chi connectivity index (χ2v) is 10.7. The van der Waals surface area contributed by atoms with Crippen molar-refractivity contribution in [1.29, 1.82) is 0 Å². The monoisotopic (exact) mass is 603 g/mol. The smallest absolute Gasteiger partial charge is 0.143 e. The van der Waals surface area contributed by atoms with Crippen molar-refractivity contribution in [2.75, 3.05) is 0 Å². The molecule has 0 bridgehead atoms. The molecule has 1 aromatic heterocycles. The van der Waals surface area contributed by atoms with Crippen LogP contribution in [0.2, 0.25) is 0 Å². The molecule has 0 aliphatic rings. The average molecular weight is 604 g/mol. The molecule has 0 spiro atoms. The van der Waals surface area contributed by atoms with Crippen LogP contribution in [0.4, 0.5) is 0 Å². The molecular formula is C45H30O. The molecule has 8 aromatic carbocycles. The van der Waals surface area contributed by atoms with E-state index in [1.165, 1.54) is 0 Å². The van der Waals surface area contributed by atoms with Crippen molar-refractivity contribution in [2.45, 2.75) is 6.42 Å². The molecule has 0 saturated carbocycles. The first-order chi connectivity index (χ1) is 29.9. The van der Waals surface area contributed by atoms with Crippen molar-refractivity contribution in [3.63, 3.8) is 0 Å². The maximum absolute atomic E-state index is 9.56. The summed E-state index contributed by atoms with van der Waals surface area (Å²) in [5.74, 6) is 0. The molecule has 1 heteroatoms. The summed E-state index contributed by atoms with van der Waals surface area (Å²) in [7, 11) is 0. The molecule has 9 rings (SSSR count). The Morgan fingerprint density at radius 1 is 0.413 bits per heavy atom. The Labute approximate surface area is 291 Å². The van der Waals surface area contributed by atoms with E-state index in [1.807, 2.05) is 54.6 Å². The van der Waals surface area contributed by atoms with E-state index < -0.39 is 131 Å². The lowest BCUT2D eigenvalue weighted by atomic mass is 9.86. The Morgan fingerprint density at radius 2 is 0.935 bits per heavy atom. The van der Waals surface area contributed by atoms with Crippen LogP contribution < -0.4 is 0 Å². The number of hydrogen-bond donors (Lipinski definition) is 0. The van der Waals surface area contributed by atoms with E-state index in [0.717, 1.165) is 16.5 Å². The van der Waals surface area contributed by atoms with E-state index in [-0.39, 0.29) is 38.6 Å². The highest BCUT2D eigenvalue weighted by Crippen LogP contribution is 2.42. The van der Waals surface area contributed by atoms with Crippen LogP contribution in [0.15, 0.2) is 174 Å². The molecule has 0 unspecified atom stereocenters. The van der Waals surface area contributed by atoms with Gasteiger partial charge in [0, 0.05) is 21.9 Å². The first-order valence-corrected chi connectivity index (χ1v) is 14.5. The van der Waals surface area contributed by atoms with E-state index in [1.54, 1.807) is 12.1 Å². The van der Waals surface area contributed by atoms with Crippen molar-refractivity contribution in [1.82, 2.24) is 0 Å². The van der Waals surface area contributed by atoms with Crippen molar-refractivity contribution >= 4 is 43.5 Å². The molecule has 0 aliphatic heterocycles. The van der Waals surface area contributed by atoms with E-state index in [4.69, 9.17) is 16.8 Å². The van der Waals surface area contributed by atoms with Crippen LogP contribution in [0.1, 0.15) is 34.4 Å². The summed E-state index contributed by atoms with van der Waals surface area (Å²) in [6.07, 6.45) is -0.658. The molecule has 1 heterocycles. The zero-order valence-electron chi connectivity index (χ0n) is 41.0. The number of rotatable bonds is 5. The van der Waals surface area contributed by atoms with Gasteiger partial charge in [0.15, 0.2) is 0 Å². The lowest BCUT2D eigenvalue weighted by Crippen LogP contribution is -1.95. The van der Waals surface area contributed by atoms with Gasteiger partial charge in [0.1, 0.15) is 11.2 Å². The van der Waals surface area contributed by atoms with Gasteiger partial charge in [-0.25, -0.2) is 0 Å². The number of para-hydroxylation sites is 2. The molecule has 0 fully saturated rings. The van der Waals surface area contributed by atoms with Crippen LogP contribution in [0.25, 0.3) is 76.9 Å². The summed E-state index contributed by atoms with van der Waals surface area (Å²) in [5, 5.41) is -0.167. The molecule has 9 aromatic rings. The van der Waals surface area contributed by atoms with Crippen LogP contribution in [0.5, 0.6) is 0 Å². The maximum atomic E-state index is 9.56. The minimum Gasteiger partial charge on any atom is -0.455 e. The van der Waals surface area contributed by atoms with E-state index >= 15 is 0 Å². The minimum atomic E-state index is -0.777. The quantitative estimate of drug-likeness (QED) is 0.178. The van der Waals surface area contributed by atoms with Crippen molar-refractivity contribution in [3.05, 3.63) is 181 Å². The zero-order chi connectivity index (χ0) is 45.2. The second-order valence-electron chi connectivity index (χ2n) is 10.7. The topological polar surface area (TPSA) is 13.1 Å². The Hall–Kier alpha value is -5.92. The van der Waals surface area contributed by atoms with Gasteiger partial charge in [0.2, 0.25) is 0 Å². The SMILES string of the molecule is [2H]c1c([2H])c([2H])c(Cc2c3c([2H])c([2H])c([2H])c([2H])c3c(-c3c([2H])c([2H])c(-c4cccc5c4oc4c(-c6ccccc6)cccc45)c([2H])c3[2H])c3c([2H])c([2H])c([2H])c([2H])c23)c([2H])c1[2H]. The van der Waals surface area contributed by atoms with Gasteiger partial charge in [-0.1, -0.05) is 169 Å². The van der Waals surface area contributed by atoms with E-state index in [0.29, 0.717) is 11.0 Å². The van der Waals surface area contributed by atoms with Gasteiger partial charge >= 0.3 is 0 Å². The van der Waals surface area contributed by atoms with Gasteiger partial charge in [-0.3, -0.25) is 0 Å². The fourth-order valence-electron chi connectivity index (χ4n) is 6.10. The van der Waals surface area contributed by atoms with Crippen LogP contribution in [-0.2, 0) is 6.42 Å². The number of hydrogen-bond acceptors (Lipinski definition) is 1. The molecule has 0 N–H and O–H groups in total. The number of benzene rings is 8. The Balaban J connectivity index is 1.42. The molecule has 46 heavy (non-hydrogen) atoms. The first kappa shape index (κ1) is 14.5. The Morgan fingerprint density at radius 3 is 1.54 bits per heavy atom. The molecule has 0 saturated heterocycles. The van der Waals surface area contributed by atoms with E-state index in [2.05, 4.69) is 0 Å². The average Bonchev–Trinajstić information content (AvgIpc) is 3.68. The van der Waals surface area contributed by atoms with Crippen LogP contribution in [0.3, 0.4) is 0 Å². The Bertz CT molecular complexity index is 3370. The lowest BCUT2D eigenvalue weighted by Gasteiger charge is -2.18. The van der Waals surface area contributed by atoms with Crippen molar-refractivity contribution in [3.8, 4) is 33.4 Å². The number of fused-ring (bicyclic) bond motifs is 5. The van der Waals surface area contributed by atoms with Crippen LogP contribution in [0, 0.1) is 0 Å². The van der Waals surface area contributed by atoms with Crippen molar-refractivity contribution in [2.24, 2.45) is 0 Å². The molecule has 0 radical (unpaired) electrons. The summed E-state index contributed by atoms with van der Waals surface area (Å²) in [6, 6.07) is 8.45. The largest absolute Gasteiger partial charge is 0.455 e. The van der Waals surface area contributed by atoms with E-state index in [9.17, 15) is 11.0 Å². The molecule has 0 aliphatic carbocycles. The van der Waals surface area contributed by atoms with Gasteiger partial charge in [0.05, 0.1) is 23.3 Å². The molecule has 0 atom stereocenters. The normalized spacial score (nSPS) is 16.7. The molecule has 1 nitrogen and oxygen atoms in total. The van der Waals surface area contributed by atoms with Crippen molar-refractivity contribution < 1.29 is 27.7 Å². The van der Waals surface area contributed by atoms with Gasteiger partial charge in [-0.05, 0) is 61.3 Å². The predicted octanol–water partition coefficient (Wildman–Crippen LogP) is 12.5. The highest BCUT2D eigenvalue weighted by atomic mass is 16.3. The number of furan rings is 1. The highest BCUT2D eigenvalue weighted by Gasteiger charge is 2.18. The summed E-state index contributed by atoms with van der Waals surface area (Å²) < 4.78 is 158. The van der Waals surface area contributed by atoms with Gasteiger partial charge in [0.25, 0.3) is 0 Å². The van der Waals surface area contributed by atoms with Crippen LogP contribution >= 0.6 is 0 Å². The summed E-state index contributed by atoms with van der Waals surface area (Å²) in [4.78, 5) is 0. The lowest BCUT2D eigenvalue weighted by molar-refractivity contribution is 0.671. The predicted molar refractivity (Wildman–Crippen MR) is 194 cm³/mol. The summed E-state index contributed by atoms with van der Waals surface area (Å²) in [5.41, 5.74) is 1.05. The molecule has 216 valence electrons. The summed E-state index contributed by atoms with van der Waals surface area (Å²) in [6.45, 7) is 0. The van der Waals surface area contributed by atoms with Gasteiger partial charge in [-0.2, -0.15) is 0 Å². The second kappa shape index (κ2) is 10.9. The highest BCUT2D eigenvalue weighted by molar-refractivity contribution is 6.16. The zero-order valence-corrected chi connectivity index (χ0v) is 24.0. The molecular weight excluding hydrogens is 556 g/mol. The minimum absolute atomic E-state index is 0.158. The fourth-order valence-corrected chi connectivity index (χ4v) is 6.10. The van der Waals surface area contributed by atoms with Gasteiger partial charge < -0.3 is 4.42 Å². The summed E-state index contributed by atoms with van der Waals surface area (Å²) >= 11 is 0. The first-order valence-electron chi connectivity index (χ1n) is 23.0. The third-order valence-electron chi connectivity index (χ3n) is 8.14. The Kier molecular flexibility index (Phi) is 3.43. The third-order valence-corrected chi connectivity index (χ3v) is 8.14. The third kappa shape index (κ3) is 4.32. The standard InChI is InChI=1S/C45H30O/c1-3-13-30(14-4-1)29-42-36-17-7-9-19-38(36)43(39-20-10-8-18-37(39)42)33-27-25-32(26-28-33)35-22-12-24-41-40-23-11-21-34(44(40)46-45(35)41)31-15-5-2-6-16-31/h1-28H,29H2/i1D,3D,4D,7D,8D,9D,10D,13D,14D,17D,18D,19D,20D,25D,26D,27D,28D. The van der Waals surface area contributed by atoms with Crippen LogP contribution in [-0.4, -0.2) is 0 Å². The van der Waals surface area contributed by atoms with Gasteiger partial charge in [-0.15, -0.1) is 0 Å².